The van der Waals surface area contributed by atoms with Crippen LogP contribution in [0.1, 0.15) is 29.8 Å². The Balaban J connectivity index is 1.86. The molecule has 0 fully saturated rings. The molecule has 0 radical (unpaired) electrons. The molecule has 0 unspecified atom stereocenters. The van der Waals surface area contributed by atoms with Gasteiger partial charge in [0, 0.05) is 12.5 Å². The van der Waals surface area contributed by atoms with Crippen molar-refractivity contribution in [2.45, 2.75) is 13.8 Å². The molecule has 3 rings (SSSR count). The normalized spacial score (nSPS) is 12.4. The molecule has 0 atom stereocenters. The number of ether oxygens (including phenoxy) is 1. The second kappa shape index (κ2) is 8.55. The maximum absolute atomic E-state index is 12.7. The average Bonchev–Trinajstić information content (AvgIpc) is 2.84. The zero-order valence-corrected chi connectivity index (χ0v) is 15.8. The highest BCUT2D eigenvalue weighted by atomic mass is 32.2. The molecule has 6 nitrogen and oxygen atoms in total. The van der Waals surface area contributed by atoms with Crippen LogP contribution in [-0.2, 0) is 4.79 Å². The number of rotatable bonds is 4. The summed E-state index contributed by atoms with van der Waals surface area (Å²) < 4.78 is 5.64. The average molecular weight is 381 g/mol. The van der Waals surface area contributed by atoms with Crippen molar-refractivity contribution in [3.05, 3.63) is 59.0 Å². The Morgan fingerprint density at radius 2 is 1.93 bits per heavy atom. The molecule has 2 aromatic carbocycles. The number of nitrogens with zero attached hydrogens (tertiary/aromatic N) is 1. The number of aliphatic imine (C=N–C) groups is 1. The lowest BCUT2D eigenvalue weighted by Crippen LogP contribution is -2.28. The van der Waals surface area contributed by atoms with Crippen LogP contribution in [0.3, 0.4) is 0 Å². The van der Waals surface area contributed by atoms with Gasteiger partial charge >= 0.3 is 0 Å². The van der Waals surface area contributed by atoms with Gasteiger partial charge in [-0.05, 0) is 42.7 Å². The van der Waals surface area contributed by atoms with E-state index in [0.717, 1.165) is 11.3 Å². The molecule has 7 heteroatoms. The number of hydrogen-bond donors (Lipinski definition) is 2. The maximum Gasteiger partial charge on any atom is 0.259 e. The van der Waals surface area contributed by atoms with Crippen LogP contribution in [0.5, 0.6) is 5.75 Å². The molecule has 27 heavy (non-hydrogen) atoms. The SMILES string of the molecule is CCOc1cccc2c1C=CSC(NC(=O)c1ccccc1NC(C)=O)=N2. The molecule has 0 spiro atoms. The Kier molecular flexibility index (Phi) is 5.93. The summed E-state index contributed by atoms with van der Waals surface area (Å²) in [6, 6.07) is 12.5. The Labute approximate surface area is 161 Å². The summed E-state index contributed by atoms with van der Waals surface area (Å²) in [6.07, 6.45) is 1.92. The summed E-state index contributed by atoms with van der Waals surface area (Å²) in [4.78, 5) is 28.6. The van der Waals surface area contributed by atoms with Gasteiger partial charge in [-0.25, -0.2) is 4.99 Å². The zero-order chi connectivity index (χ0) is 19.2. The highest BCUT2D eigenvalue weighted by molar-refractivity contribution is 8.16. The number of hydrogen-bond acceptors (Lipinski definition) is 5. The minimum absolute atomic E-state index is 0.239. The minimum Gasteiger partial charge on any atom is -0.493 e. The van der Waals surface area contributed by atoms with Crippen molar-refractivity contribution in [1.82, 2.24) is 5.32 Å². The third kappa shape index (κ3) is 4.57. The smallest absolute Gasteiger partial charge is 0.259 e. The van der Waals surface area contributed by atoms with E-state index in [4.69, 9.17) is 4.74 Å². The number of para-hydroxylation sites is 1. The Morgan fingerprint density at radius 1 is 1.11 bits per heavy atom. The van der Waals surface area contributed by atoms with E-state index < -0.39 is 0 Å². The van der Waals surface area contributed by atoms with Gasteiger partial charge in [0.25, 0.3) is 5.91 Å². The van der Waals surface area contributed by atoms with Gasteiger partial charge in [0.15, 0.2) is 5.17 Å². The summed E-state index contributed by atoms with van der Waals surface area (Å²) in [5.41, 5.74) is 2.41. The van der Waals surface area contributed by atoms with E-state index in [9.17, 15) is 9.59 Å². The van der Waals surface area contributed by atoms with Crippen molar-refractivity contribution < 1.29 is 14.3 Å². The van der Waals surface area contributed by atoms with Crippen molar-refractivity contribution in [2.24, 2.45) is 4.99 Å². The fourth-order valence-electron chi connectivity index (χ4n) is 2.58. The summed E-state index contributed by atoms with van der Waals surface area (Å²) >= 11 is 1.30. The van der Waals surface area contributed by atoms with Crippen molar-refractivity contribution in [3.8, 4) is 5.75 Å². The third-order valence-electron chi connectivity index (χ3n) is 3.68. The molecule has 0 aliphatic carbocycles. The van der Waals surface area contributed by atoms with E-state index in [-0.39, 0.29) is 11.8 Å². The lowest BCUT2D eigenvalue weighted by molar-refractivity contribution is -0.114. The van der Waals surface area contributed by atoms with E-state index in [1.165, 1.54) is 18.7 Å². The van der Waals surface area contributed by atoms with Crippen molar-refractivity contribution in [2.75, 3.05) is 11.9 Å². The maximum atomic E-state index is 12.7. The van der Waals surface area contributed by atoms with E-state index in [2.05, 4.69) is 15.6 Å². The van der Waals surface area contributed by atoms with Gasteiger partial charge in [-0.3, -0.25) is 9.59 Å². The largest absolute Gasteiger partial charge is 0.493 e. The van der Waals surface area contributed by atoms with Gasteiger partial charge in [0.1, 0.15) is 5.75 Å². The first-order chi connectivity index (χ1) is 13.1. The first kappa shape index (κ1) is 18.7. The number of benzene rings is 2. The molecule has 1 heterocycles. The van der Waals surface area contributed by atoms with Crippen LogP contribution in [-0.4, -0.2) is 23.6 Å². The molecule has 2 aromatic rings. The highest BCUT2D eigenvalue weighted by Crippen LogP contribution is 2.34. The van der Waals surface area contributed by atoms with Gasteiger partial charge < -0.3 is 15.4 Å². The van der Waals surface area contributed by atoms with Gasteiger partial charge in [-0.1, -0.05) is 30.0 Å². The summed E-state index contributed by atoms with van der Waals surface area (Å²) in [7, 11) is 0. The van der Waals surface area contributed by atoms with Crippen LogP contribution in [0.15, 0.2) is 52.9 Å². The first-order valence-electron chi connectivity index (χ1n) is 8.44. The van der Waals surface area contributed by atoms with E-state index >= 15 is 0 Å². The van der Waals surface area contributed by atoms with E-state index in [0.29, 0.717) is 28.7 Å². The number of anilines is 1. The minimum atomic E-state index is -0.344. The second-order valence-corrected chi connectivity index (χ2v) is 6.53. The molecular formula is C20H19N3O3S. The Morgan fingerprint density at radius 3 is 2.70 bits per heavy atom. The predicted octanol–water partition coefficient (Wildman–Crippen LogP) is 4.18. The standard InChI is InChI=1S/C20H19N3O3S/c1-3-26-18-10-6-9-16-14(18)11-12-27-20(22-16)23-19(25)15-7-4-5-8-17(15)21-13(2)24/h4-12H,3H2,1-2H3,(H,21,24)(H,22,23,25). The van der Waals surface area contributed by atoms with Gasteiger partial charge in [-0.15, -0.1) is 0 Å². The molecule has 0 aromatic heterocycles. The Hall–Kier alpha value is -3.06. The number of fused-ring (bicyclic) bond motifs is 1. The van der Waals surface area contributed by atoms with E-state index in [1.807, 2.05) is 36.6 Å². The zero-order valence-electron chi connectivity index (χ0n) is 15.0. The van der Waals surface area contributed by atoms with Crippen LogP contribution in [0.2, 0.25) is 0 Å². The topological polar surface area (TPSA) is 79.8 Å². The van der Waals surface area contributed by atoms with Crippen LogP contribution in [0.25, 0.3) is 6.08 Å². The molecule has 0 saturated carbocycles. The molecule has 1 aliphatic rings. The second-order valence-electron chi connectivity index (χ2n) is 5.64. The predicted molar refractivity (Wildman–Crippen MR) is 110 cm³/mol. The molecule has 138 valence electrons. The quantitative estimate of drug-likeness (QED) is 0.833. The van der Waals surface area contributed by atoms with Crippen molar-refractivity contribution >= 4 is 46.2 Å². The fraction of sp³-hybridized carbons (Fsp3) is 0.150. The molecule has 0 saturated heterocycles. The number of carbonyl (C=O) groups is 2. The third-order valence-corrected chi connectivity index (χ3v) is 4.37. The van der Waals surface area contributed by atoms with Gasteiger partial charge in [0.2, 0.25) is 5.91 Å². The molecule has 2 amide bonds. The van der Waals surface area contributed by atoms with Crippen LogP contribution >= 0.6 is 11.8 Å². The van der Waals surface area contributed by atoms with Crippen molar-refractivity contribution in [1.29, 1.82) is 0 Å². The number of carbonyl (C=O) groups excluding carboxylic acids is 2. The van der Waals surface area contributed by atoms with Gasteiger partial charge in [-0.2, -0.15) is 0 Å². The van der Waals surface area contributed by atoms with Crippen molar-refractivity contribution in [3.63, 3.8) is 0 Å². The number of amides is 2. The monoisotopic (exact) mass is 381 g/mol. The molecule has 2 N–H and O–H groups in total. The fourth-order valence-corrected chi connectivity index (χ4v) is 3.22. The summed E-state index contributed by atoms with van der Waals surface area (Å²) in [5.74, 6) is 0.166. The number of thioether (sulfide) groups is 1. The van der Waals surface area contributed by atoms with Crippen LogP contribution in [0.4, 0.5) is 11.4 Å². The number of amidine groups is 1. The van der Waals surface area contributed by atoms with Crippen LogP contribution < -0.4 is 15.4 Å². The lowest BCUT2D eigenvalue weighted by Gasteiger charge is -2.11. The van der Waals surface area contributed by atoms with Gasteiger partial charge in [0.05, 0.1) is 23.5 Å². The number of nitrogens with one attached hydrogen (secondary N) is 2. The van der Waals surface area contributed by atoms with E-state index in [1.54, 1.807) is 24.3 Å². The summed E-state index contributed by atoms with van der Waals surface area (Å²) in [6.45, 7) is 3.89. The van der Waals surface area contributed by atoms with Crippen LogP contribution in [0, 0.1) is 0 Å². The molecular weight excluding hydrogens is 362 g/mol. The first-order valence-corrected chi connectivity index (χ1v) is 9.32. The summed E-state index contributed by atoms with van der Waals surface area (Å²) in [5, 5.41) is 7.78. The lowest BCUT2D eigenvalue weighted by atomic mass is 10.1. The Bertz CT molecular complexity index is 938. The highest BCUT2D eigenvalue weighted by Gasteiger charge is 2.16. The molecule has 0 bridgehead atoms. The molecule has 1 aliphatic heterocycles.